The van der Waals surface area contributed by atoms with E-state index >= 15 is 0 Å². The summed E-state index contributed by atoms with van der Waals surface area (Å²) < 4.78 is 1.20. The van der Waals surface area contributed by atoms with Crippen LogP contribution in [0.25, 0.3) is 0 Å². The van der Waals surface area contributed by atoms with Gasteiger partial charge in [0.1, 0.15) is 0 Å². The Morgan fingerprint density at radius 3 is 2.94 bits per heavy atom. The summed E-state index contributed by atoms with van der Waals surface area (Å²) >= 11 is 5.32. The smallest absolute Gasteiger partial charge is 0.0302 e. The van der Waals surface area contributed by atoms with Crippen LogP contribution in [0.4, 0.5) is 0 Å². The Morgan fingerprint density at radius 2 is 2.29 bits per heavy atom. The summed E-state index contributed by atoms with van der Waals surface area (Å²) in [5, 5.41) is 5.87. The van der Waals surface area contributed by atoms with Crippen LogP contribution in [0.2, 0.25) is 0 Å². The van der Waals surface area contributed by atoms with E-state index in [1.165, 1.54) is 22.3 Å². The molecule has 0 aromatic carbocycles. The zero-order valence-corrected chi connectivity index (χ0v) is 13.1. The molecule has 0 amide bonds. The van der Waals surface area contributed by atoms with Crippen LogP contribution in [-0.2, 0) is 6.54 Å². The van der Waals surface area contributed by atoms with E-state index in [-0.39, 0.29) is 0 Å². The van der Waals surface area contributed by atoms with E-state index in [1.807, 2.05) is 11.3 Å². The number of thiophene rings is 1. The van der Waals surface area contributed by atoms with Gasteiger partial charge >= 0.3 is 0 Å². The van der Waals surface area contributed by atoms with E-state index in [9.17, 15) is 0 Å². The number of hydrogen-bond donors (Lipinski definition) is 1. The minimum Gasteiger partial charge on any atom is -0.309 e. The van der Waals surface area contributed by atoms with Gasteiger partial charge in [-0.3, -0.25) is 0 Å². The van der Waals surface area contributed by atoms with Crippen molar-refractivity contribution in [2.24, 2.45) is 5.92 Å². The molecule has 1 saturated heterocycles. The predicted octanol–water partition coefficient (Wildman–Crippen LogP) is 3.33. The van der Waals surface area contributed by atoms with Crippen molar-refractivity contribution in [2.75, 3.05) is 13.6 Å². The van der Waals surface area contributed by atoms with Gasteiger partial charge in [-0.15, -0.1) is 11.3 Å². The Bertz CT molecular complexity index is 366. The van der Waals surface area contributed by atoms with E-state index in [4.69, 9.17) is 0 Å². The number of likely N-dealkylation sites (tertiary alicyclic amines) is 1. The first-order chi connectivity index (χ1) is 8.06. The number of halogens is 1. The zero-order valence-electron chi connectivity index (χ0n) is 10.7. The van der Waals surface area contributed by atoms with Crippen molar-refractivity contribution in [3.05, 3.63) is 20.8 Å². The number of nitrogens with one attached hydrogen (secondary N) is 1. The molecule has 0 aliphatic carbocycles. The van der Waals surface area contributed by atoms with Gasteiger partial charge in [-0.1, -0.05) is 6.92 Å². The van der Waals surface area contributed by atoms with Crippen molar-refractivity contribution in [1.29, 1.82) is 0 Å². The number of nitrogens with zero attached hydrogens (tertiary/aromatic N) is 1. The second-order valence-corrected chi connectivity index (χ2v) is 7.13. The highest BCUT2D eigenvalue weighted by molar-refractivity contribution is 9.10. The zero-order chi connectivity index (χ0) is 12.4. The first-order valence-corrected chi connectivity index (χ1v) is 7.90. The van der Waals surface area contributed by atoms with Crippen LogP contribution < -0.4 is 5.32 Å². The van der Waals surface area contributed by atoms with E-state index in [1.54, 1.807) is 0 Å². The molecule has 4 heteroatoms. The fourth-order valence-electron chi connectivity index (χ4n) is 2.50. The Balaban J connectivity index is 1.86. The van der Waals surface area contributed by atoms with Crippen LogP contribution in [0.5, 0.6) is 0 Å². The molecular formula is C13H21BrN2S. The van der Waals surface area contributed by atoms with Crippen LogP contribution in [0, 0.1) is 5.92 Å². The molecule has 1 aromatic heterocycles. The normalized spacial score (nSPS) is 30.7. The summed E-state index contributed by atoms with van der Waals surface area (Å²) in [5.41, 5.74) is 0. The molecule has 96 valence electrons. The van der Waals surface area contributed by atoms with Crippen molar-refractivity contribution in [1.82, 2.24) is 10.2 Å². The molecule has 2 heterocycles. The highest BCUT2D eigenvalue weighted by atomic mass is 79.9. The average Bonchev–Trinajstić information content (AvgIpc) is 2.68. The number of piperidine rings is 1. The molecule has 3 atom stereocenters. The molecule has 2 rings (SSSR count). The molecule has 1 aromatic rings. The van der Waals surface area contributed by atoms with E-state index in [0.717, 1.165) is 12.5 Å². The van der Waals surface area contributed by atoms with E-state index in [2.05, 4.69) is 58.5 Å². The van der Waals surface area contributed by atoms with Gasteiger partial charge in [0.2, 0.25) is 0 Å². The lowest BCUT2D eigenvalue weighted by Crippen LogP contribution is -2.50. The van der Waals surface area contributed by atoms with Gasteiger partial charge < -0.3 is 10.2 Å². The van der Waals surface area contributed by atoms with Crippen LogP contribution in [0.15, 0.2) is 15.9 Å². The third-order valence-electron chi connectivity index (χ3n) is 3.77. The van der Waals surface area contributed by atoms with Gasteiger partial charge in [-0.2, -0.15) is 0 Å². The van der Waals surface area contributed by atoms with Crippen molar-refractivity contribution >= 4 is 27.3 Å². The molecular weight excluding hydrogens is 296 g/mol. The molecule has 0 spiro atoms. The molecule has 1 aliphatic heterocycles. The predicted molar refractivity (Wildman–Crippen MR) is 78.5 cm³/mol. The van der Waals surface area contributed by atoms with Crippen molar-refractivity contribution in [2.45, 2.75) is 38.9 Å². The molecule has 0 radical (unpaired) electrons. The van der Waals surface area contributed by atoms with Gasteiger partial charge in [-0.25, -0.2) is 0 Å². The molecule has 0 saturated carbocycles. The number of rotatable bonds is 3. The molecule has 1 aliphatic rings. The molecule has 1 N–H and O–H groups in total. The summed E-state index contributed by atoms with van der Waals surface area (Å²) in [6, 6.07) is 3.56. The minimum absolute atomic E-state index is 0.655. The fraction of sp³-hybridized carbons (Fsp3) is 0.692. The number of hydrogen-bond acceptors (Lipinski definition) is 3. The minimum atomic E-state index is 0.655. The first-order valence-electron chi connectivity index (χ1n) is 6.23. The van der Waals surface area contributed by atoms with Crippen molar-refractivity contribution in [3.8, 4) is 0 Å². The maximum Gasteiger partial charge on any atom is 0.0302 e. The largest absolute Gasteiger partial charge is 0.309 e. The van der Waals surface area contributed by atoms with E-state index in [0.29, 0.717) is 12.1 Å². The third kappa shape index (κ3) is 3.53. The lowest BCUT2D eigenvalue weighted by molar-refractivity contribution is 0.121. The summed E-state index contributed by atoms with van der Waals surface area (Å²) in [4.78, 5) is 3.88. The van der Waals surface area contributed by atoms with Crippen LogP contribution >= 0.6 is 27.3 Å². The highest BCUT2D eigenvalue weighted by Crippen LogP contribution is 2.23. The monoisotopic (exact) mass is 316 g/mol. The summed E-state index contributed by atoms with van der Waals surface area (Å²) in [6.45, 7) is 6.88. The fourth-order valence-corrected chi connectivity index (χ4v) is 3.91. The SMILES string of the molecule is CC1CN(C)C(C)CC1NCc1cc(Br)cs1. The van der Waals surface area contributed by atoms with Gasteiger partial charge in [0, 0.05) is 39.9 Å². The average molecular weight is 317 g/mol. The van der Waals surface area contributed by atoms with Gasteiger partial charge in [0.15, 0.2) is 0 Å². The van der Waals surface area contributed by atoms with E-state index < -0.39 is 0 Å². The summed E-state index contributed by atoms with van der Waals surface area (Å²) in [6.07, 6.45) is 1.25. The van der Waals surface area contributed by atoms with Crippen LogP contribution in [0.3, 0.4) is 0 Å². The third-order valence-corrected chi connectivity index (χ3v) is 5.47. The first kappa shape index (κ1) is 13.5. The lowest BCUT2D eigenvalue weighted by atomic mass is 9.90. The molecule has 0 bridgehead atoms. The molecule has 1 fully saturated rings. The van der Waals surface area contributed by atoms with Crippen molar-refractivity contribution in [3.63, 3.8) is 0 Å². The second-order valence-electron chi connectivity index (χ2n) is 5.22. The van der Waals surface area contributed by atoms with Crippen LogP contribution in [-0.4, -0.2) is 30.6 Å². The maximum atomic E-state index is 3.71. The molecule has 17 heavy (non-hydrogen) atoms. The van der Waals surface area contributed by atoms with Crippen molar-refractivity contribution < 1.29 is 0 Å². The van der Waals surface area contributed by atoms with Gasteiger partial charge in [0.05, 0.1) is 0 Å². The topological polar surface area (TPSA) is 15.3 Å². The second kappa shape index (κ2) is 5.83. The van der Waals surface area contributed by atoms with Gasteiger partial charge in [0.25, 0.3) is 0 Å². The summed E-state index contributed by atoms with van der Waals surface area (Å²) in [7, 11) is 2.23. The lowest BCUT2D eigenvalue weighted by Gasteiger charge is -2.40. The van der Waals surface area contributed by atoms with Crippen LogP contribution in [0.1, 0.15) is 25.1 Å². The Kier molecular flexibility index (Phi) is 4.64. The highest BCUT2D eigenvalue weighted by Gasteiger charge is 2.28. The Hall–Kier alpha value is 0.1000. The Labute approximate surface area is 117 Å². The molecule has 2 nitrogen and oxygen atoms in total. The molecule has 3 unspecified atom stereocenters. The standard InChI is InChI=1S/C13H21BrN2S/c1-9-7-16(3)10(2)4-13(9)15-6-12-5-11(14)8-17-12/h5,8-10,13,15H,4,6-7H2,1-3H3. The Morgan fingerprint density at radius 1 is 1.53 bits per heavy atom. The van der Waals surface area contributed by atoms with Gasteiger partial charge in [-0.05, 0) is 48.3 Å². The summed E-state index contributed by atoms with van der Waals surface area (Å²) in [5.74, 6) is 0.736. The quantitative estimate of drug-likeness (QED) is 0.920. The maximum absolute atomic E-state index is 3.71.